The Morgan fingerprint density at radius 2 is 1.40 bits per heavy atom. The van der Waals surface area contributed by atoms with Crippen LogP contribution in [-0.2, 0) is 73.5 Å². The van der Waals surface area contributed by atoms with E-state index in [-0.39, 0.29) is 100 Å². The largest absolute Gasteiger partial charge is 0.756 e. The summed E-state index contributed by atoms with van der Waals surface area (Å²) < 4.78 is 31.9. The Morgan fingerprint density at radius 3 is 1.97 bits per heavy atom. The number of phosphoric acid groups is 1. The van der Waals surface area contributed by atoms with Crippen molar-refractivity contribution in [3.8, 4) is 0 Å². The Kier molecular flexibility index (Phi) is 23.6. The van der Waals surface area contributed by atoms with Crippen molar-refractivity contribution in [2.45, 2.75) is 189 Å². The Hall–Kier alpha value is -7.02. The first-order valence-corrected chi connectivity index (χ1v) is 32.6. The van der Waals surface area contributed by atoms with E-state index in [4.69, 9.17) is 68.0 Å². The Morgan fingerprint density at radius 1 is 0.830 bits per heavy atom. The summed E-state index contributed by atoms with van der Waals surface area (Å²) >= 11 is 0. The fraction of sp³-hybridized carbons (Fsp3) is 0.619. The molecule has 519 valence electrons. The molecule has 31 heteroatoms. The first kappa shape index (κ1) is 76.0. The molecule has 6 aliphatic rings. The molecule has 2 fully saturated rings. The number of imidazole rings is 1. The summed E-state index contributed by atoms with van der Waals surface area (Å²) in [5.74, 6) is -7.24. The smallest absolute Gasteiger partial charge is 0.268 e. The van der Waals surface area contributed by atoms with Gasteiger partial charge in [0.15, 0.2) is 6.23 Å². The van der Waals surface area contributed by atoms with Crippen LogP contribution in [0.5, 0.6) is 0 Å². The van der Waals surface area contributed by atoms with E-state index in [1.54, 1.807) is 0 Å². The fourth-order valence-corrected chi connectivity index (χ4v) is 16.6. The average Bonchev–Trinajstić information content (AvgIpc) is 1.53. The van der Waals surface area contributed by atoms with Gasteiger partial charge in [-0.3, -0.25) is 57.9 Å². The van der Waals surface area contributed by atoms with E-state index in [9.17, 15) is 53.2 Å². The summed E-state index contributed by atoms with van der Waals surface area (Å²) in [6.45, 7) is 19.1. The molecule has 15 atom stereocenters. The third kappa shape index (κ3) is 15.0. The first-order valence-electron chi connectivity index (χ1n) is 31.1. The van der Waals surface area contributed by atoms with E-state index < -0.39 is 143 Å². The molecule has 8 amide bonds. The third-order valence-electron chi connectivity index (χ3n) is 20.6. The number of benzene rings is 1. The number of aliphatic hydroxyl groups excluding tert-OH is 2. The number of rotatable bonds is 26. The van der Waals surface area contributed by atoms with Crippen molar-refractivity contribution in [3.05, 3.63) is 63.9 Å². The number of hydrogen-bond acceptors (Lipinski definition) is 20. The van der Waals surface area contributed by atoms with Crippen LogP contribution in [0.15, 0.2) is 67.8 Å². The van der Waals surface area contributed by atoms with Crippen LogP contribution in [-0.4, -0.2) is 134 Å². The topological polar surface area (TPSA) is 506 Å². The quantitative estimate of drug-likeness (QED) is 0.0471. The molecule has 5 unspecified atom stereocenters. The molecule has 6 aliphatic heterocycles. The average molecular weight is 1380 g/mol. The second-order valence-electron chi connectivity index (χ2n) is 27.2. The molecular weight excluding hydrogens is 1280 g/mol. The number of nitrogens with two attached hydrogens (primary N) is 7. The third-order valence-corrected chi connectivity index (χ3v) is 21.7. The van der Waals surface area contributed by atoms with E-state index in [1.807, 2.05) is 87.4 Å². The number of aliphatic hydroxyl groups is 2. The zero-order chi connectivity index (χ0) is 69.4. The van der Waals surface area contributed by atoms with Crippen LogP contribution in [0.3, 0.4) is 0 Å². The number of primary amides is 7. The monoisotopic (exact) mass is 1370 g/mol. The number of phosphoric ester groups is 1. The van der Waals surface area contributed by atoms with Gasteiger partial charge in [0.05, 0.1) is 41.7 Å². The molecular formula is C63H92CoN14O15P-. The van der Waals surface area contributed by atoms with Gasteiger partial charge in [0.25, 0.3) is 7.82 Å². The molecule has 18 N–H and O–H groups in total. The zero-order valence-electron chi connectivity index (χ0n) is 55.1. The fourth-order valence-electron chi connectivity index (χ4n) is 15.4. The standard InChI is InChI=1S/C62H90N13O14P.CH3NO.Co/c1-29-20-39-40(21-30(29)2)75(28-70-39)57-52(84)53(41(27-76)87-57)89-90(85,86)88-31(3)26-69-49(83)18-19-59(8)37(22-46(66)80)56-62(11)61(10,25-48(68)82)36(14-17-45(65)79)51(74-62)33(5)55-60(9,24-47(67)81)34(12-15-43(63)77)38(71-55)23-42-58(6,7)35(13-16-44(64)78)50(72-42)32(4)54(59)73-56;2-1-3;/h20-21,23,28,31,34-37,41,52-53,56-57,71,76,84H,12-19,22,24-27H2,1-11H3,(H2,63,77)(H2,64,78)(H2,65,79)(H2,66,80)(H2,67,81)(H2,68,82)(H,69,83)(H,85,86);1H,(H2,2,3);/p-1/b38-23-,50-32-,55-33-;;/t31?,34-,35-,36-,37?,41-,52-,53+,56?,57+,59-,60+,61+,62?;;/m1../s1. The van der Waals surface area contributed by atoms with Crippen molar-refractivity contribution in [1.29, 1.82) is 0 Å². The molecule has 0 aliphatic carbocycles. The second-order valence-corrected chi connectivity index (χ2v) is 28.5. The summed E-state index contributed by atoms with van der Waals surface area (Å²) in [5, 5.41) is 28.1. The number of aromatic nitrogens is 2. The molecule has 8 bridgehead atoms. The zero-order valence-corrected chi connectivity index (χ0v) is 57.0. The number of aliphatic imine (C=N–C) groups is 3. The van der Waals surface area contributed by atoms with E-state index in [1.165, 1.54) is 17.8 Å². The van der Waals surface area contributed by atoms with E-state index >= 15 is 0 Å². The van der Waals surface area contributed by atoms with Gasteiger partial charge >= 0.3 is 0 Å². The van der Waals surface area contributed by atoms with Gasteiger partial charge in [-0.05, 0) is 108 Å². The molecule has 1 aromatic carbocycles. The van der Waals surface area contributed by atoms with Crippen LogP contribution in [0.1, 0.15) is 150 Å². The first-order chi connectivity index (χ1) is 43.2. The van der Waals surface area contributed by atoms with Gasteiger partial charge in [0.2, 0.25) is 47.8 Å². The van der Waals surface area contributed by atoms with Crippen molar-refractivity contribution in [2.24, 2.45) is 100 Å². The Labute approximate surface area is 556 Å². The molecule has 29 nitrogen and oxygen atoms in total. The maximum absolute atomic E-state index is 14.4. The van der Waals surface area contributed by atoms with Gasteiger partial charge in [-0.2, -0.15) is 0 Å². The van der Waals surface area contributed by atoms with Crippen molar-refractivity contribution >= 4 is 83.8 Å². The maximum atomic E-state index is 14.4. The molecule has 8 rings (SSSR count). The summed E-state index contributed by atoms with van der Waals surface area (Å²) in [7, 11) is -5.32. The van der Waals surface area contributed by atoms with Gasteiger partial charge in [0.1, 0.15) is 18.3 Å². The normalized spacial score (nSPS) is 32.9. The van der Waals surface area contributed by atoms with E-state index in [0.717, 1.165) is 11.1 Å². The number of aryl methyl sites for hydroxylation is 2. The molecule has 0 saturated carbocycles. The molecule has 1 aromatic heterocycles. The van der Waals surface area contributed by atoms with Crippen LogP contribution in [0.4, 0.5) is 0 Å². The number of nitrogens with one attached hydrogen (secondary N) is 2. The van der Waals surface area contributed by atoms with Crippen LogP contribution in [0, 0.1) is 59.2 Å². The molecule has 94 heavy (non-hydrogen) atoms. The number of ether oxygens (including phenoxy) is 1. The molecule has 2 saturated heterocycles. The predicted octanol–water partition coefficient (Wildman–Crippen LogP) is 1.63. The van der Waals surface area contributed by atoms with E-state index in [0.29, 0.717) is 56.4 Å². The number of allylic oxidation sites excluding steroid dienone is 6. The molecule has 7 heterocycles. The van der Waals surface area contributed by atoms with Crippen LogP contribution in [0.2, 0.25) is 0 Å². The van der Waals surface area contributed by atoms with Crippen molar-refractivity contribution in [2.75, 3.05) is 13.2 Å². The van der Waals surface area contributed by atoms with Crippen LogP contribution < -0.4 is 55.7 Å². The Balaban J connectivity index is 0.00000343. The van der Waals surface area contributed by atoms with Crippen LogP contribution >= 0.6 is 7.82 Å². The SMILES string of the molecule is C/C1=C2N=C(/C=C3\N/C(=C(/C)C4=NC(C)(C5N=C1[C@](C)(CCC(=O)NCC(C)OP(=O)([O-])O[C@@H]1[C@@H](O)[C@@H](n6cnc7cc(C)c(C)cc76)O[C@@H]1CO)C5CC(N)=O)[C@@](C)(CC(N)=O)[C@@H]4CCC(N)=O)[C@@](C)(CC(N)=O)[C@@H]3CCC(N)=O)C(C)(C)[C@@H]/2CCC(N)=O.NC=O.[Co]. The van der Waals surface area contributed by atoms with Gasteiger partial charge in [-0.15, -0.1) is 0 Å². The second kappa shape index (κ2) is 29.1. The molecule has 2 aromatic rings. The summed E-state index contributed by atoms with van der Waals surface area (Å²) in [5.41, 5.74) is 41.4. The van der Waals surface area contributed by atoms with Gasteiger partial charge < -0.3 is 84.2 Å². The minimum absolute atomic E-state index is 0. The van der Waals surface area contributed by atoms with Gasteiger partial charge in [0, 0.05) is 148 Å². The predicted molar refractivity (Wildman–Crippen MR) is 342 cm³/mol. The van der Waals surface area contributed by atoms with Crippen molar-refractivity contribution in [1.82, 2.24) is 20.2 Å². The summed E-state index contributed by atoms with van der Waals surface area (Å²) in [6, 6.07) is 2.67. The summed E-state index contributed by atoms with van der Waals surface area (Å²) in [6.07, 6.45) is -4.32. The molecule has 1 radical (unpaired) electrons. The number of amides is 8. The maximum Gasteiger partial charge on any atom is 0.268 e. The van der Waals surface area contributed by atoms with Crippen LogP contribution in [0.25, 0.3) is 11.0 Å². The van der Waals surface area contributed by atoms with Crippen molar-refractivity contribution in [3.63, 3.8) is 0 Å². The number of fused-ring (bicyclic) bond motifs is 7. The number of carbonyl (C=O) groups is 8. The minimum Gasteiger partial charge on any atom is -0.756 e. The number of hydrogen-bond donors (Lipinski definition) is 11. The Bertz CT molecular complexity index is 3600. The van der Waals surface area contributed by atoms with Gasteiger partial charge in [-0.25, -0.2) is 4.98 Å². The van der Waals surface area contributed by atoms with E-state index in [2.05, 4.69) is 21.4 Å². The molecule has 0 spiro atoms. The number of nitrogens with zero attached hydrogens (tertiary/aromatic N) is 5. The minimum atomic E-state index is -5.32. The number of carbonyl (C=O) groups excluding carboxylic acids is 8. The van der Waals surface area contributed by atoms with Gasteiger partial charge in [-0.1, -0.05) is 34.6 Å². The van der Waals surface area contributed by atoms with Crippen molar-refractivity contribution < 1.29 is 88.6 Å². The summed E-state index contributed by atoms with van der Waals surface area (Å²) in [4.78, 5) is 137.